The average molecular weight is 261 g/mol. The summed E-state index contributed by atoms with van der Waals surface area (Å²) in [6.07, 6.45) is 0.568. The fourth-order valence-corrected chi connectivity index (χ4v) is 2.52. The average Bonchev–Trinajstić information content (AvgIpc) is 2.72. The van der Waals surface area contributed by atoms with Crippen molar-refractivity contribution in [3.63, 3.8) is 0 Å². The van der Waals surface area contributed by atoms with Crippen LogP contribution < -0.4 is 0 Å². The minimum atomic E-state index is 0.202. The predicted molar refractivity (Wildman–Crippen MR) is 72.5 cm³/mol. The standard InChI is InChI=1S/C13H15N3OS/c1-10(17)8-9-18-13-15-14-12(16(13)2)11-6-4-3-5-7-11/h3-7H,8-9H2,1-2H3. The molecule has 0 radical (unpaired) electrons. The van der Waals surface area contributed by atoms with Gasteiger partial charge in [-0.25, -0.2) is 0 Å². The van der Waals surface area contributed by atoms with Crippen LogP contribution in [0.4, 0.5) is 0 Å². The third-order valence-electron chi connectivity index (χ3n) is 2.55. The van der Waals surface area contributed by atoms with E-state index in [0.717, 1.165) is 22.3 Å². The highest BCUT2D eigenvalue weighted by molar-refractivity contribution is 7.99. The quantitative estimate of drug-likeness (QED) is 0.776. The van der Waals surface area contributed by atoms with E-state index >= 15 is 0 Å². The van der Waals surface area contributed by atoms with Gasteiger partial charge in [-0.05, 0) is 6.92 Å². The summed E-state index contributed by atoms with van der Waals surface area (Å²) >= 11 is 1.56. The van der Waals surface area contributed by atoms with Crippen molar-refractivity contribution in [2.24, 2.45) is 7.05 Å². The molecule has 1 heterocycles. The second-order valence-corrected chi connectivity index (χ2v) is 5.09. The van der Waals surface area contributed by atoms with Crippen LogP contribution in [-0.2, 0) is 11.8 Å². The Morgan fingerprint density at radius 3 is 2.67 bits per heavy atom. The van der Waals surface area contributed by atoms with Gasteiger partial charge >= 0.3 is 0 Å². The molecule has 5 heteroatoms. The number of benzene rings is 1. The Hall–Kier alpha value is -1.62. The summed E-state index contributed by atoms with van der Waals surface area (Å²) in [5, 5.41) is 9.19. The van der Waals surface area contributed by atoms with Crippen molar-refractivity contribution >= 4 is 17.5 Å². The van der Waals surface area contributed by atoms with Gasteiger partial charge in [0.25, 0.3) is 0 Å². The number of carbonyl (C=O) groups is 1. The van der Waals surface area contributed by atoms with Crippen LogP contribution in [-0.4, -0.2) is 26.3 Å². The fraction of sp³-hybridized carbons (Fsp3) is 0.308. The number of hydrogen-bond donors (Lipinski definition) is 0. The molecule has 0 amide bonds. The Bertz CT molecular complexity index is 536. The lowest BCUT2D eigenvalue weighted by Crippen LogP contribution is -1.97. The van der Waals surface area contributed by atoms with Crippen molar-refractivity contribution in [1.29, 1.82) is 0 Å². The van der Waals surface area contributed by atoms with Crippen molar-refractivity contribution in [2.45, 2.75) is 18.5 Å². The molecular weight excluding hydrogens is 246 g/mol. The van der Waals surface area contributed by atoms with E-state index in [0.29, 0.717) is 6.42 Å². The summed E-state index contributed by atoms with van der Waals surface area (Å²) in [6.45, 7) is 1.60. The van der Waals surface area contributed by atoms with Crippen LogP contribution in [0.3, 0.4) is 0 Å². The molecule has 0 unspecified atom stereocenters. The Balaban J connectivity index is 2.12. The highest BCUT2D eigenvalue weighted by Gasteiger charge is 2.10. The lowest BCUT2D eigenvalue weighted by Gasteiger charge is -2.03. The maximum atomic E-state index is 10.9. The van der Waals surface area contributed by atoms with Crippen LogP contribution >= 0.6 is 11.8 Å². The maximum Gasteiger partial charge on any atom is 0.191 e. The summed E-state index contributed by atoms with van der Waals surface area (Å²) in [5.74, 6) is 1.80. The zero-order chi connectivity index (χ0) is 13.0. The van der Waals surface area contributed by atoms with Crippen molar-refractivity contribution in [3.05, 3.63) is 30.3 Å². The second-order valence-electron chi connectivity index (χ2n) is 4.03. The number of rotatable bonds is 5. The Labute approximate surface area is 110 Å². The molecule has 2 aromatic rings. The fourth-order valence-electron chi connectivity index (χ4n) is 1.57. The molecule has 4 nitrogen and oxygen atoms in total. The Kier molecular flexibility index (Phi) is 4.15. The molecule has 1 aromatic carbocycles. The number of Topliss-reactive ketones (excluding diaryl/α,β-unsaturated/α-hetero) is 1. The number of hydrogen-bond acceptors (Lipinski definition) is 4. The molecule has 0 bridgehead atoms. The van der Waals surface area contributed by atoms with E-state index in [1.54, 1.807) is 18.7 Å². The van der Waals surface area contributed by atoms with Crippen molar-refractivity contribution in [2.75, 3.05) is 5.75 Å². The minimum Gasteiger partial charge on any atom is -0.305 e. The molecule has 0 aliphatic carbocycles. The number of carbonyl (C=O) groups excluding carboxylic acids is 1. The monoisotopic (exact) mass is 261 g/mol. The third kappa shape index (κ3) is 2.98. The molecule has 0 N–H and O–H groups in total. The Morgan fingerprint density at radius 2 is 2.00 bits per heavy atom. The Morgan fingerprint density at radius 1 is 1.28 bits per heavy atom. The first kappa shape index (κ1) is 12.8. The molecule has 0 aliphatic rings. The molecular formula is C13H15N3OS. The van der Waals surface area contributed by atoms with Crippen LogP contribution in [0, 0.1) is 0 Å². The first-order valence-electron chi connectivity index (χ1n) is 5.75. The molecule has 0 saturated carbocycles. The largest absolute Gasteiger partial charge is 0.305 e. The SMILES string of the molecule is CC(=O)CCSc1nnc(-c2ccccc2)n1C. The lowest BCUT2D eigenvalue weighted by atomic mass is 10.2. The molecule has 2 rings (SSSR count). The van der Waals surface area contributed by atoms with Gasteiger partial charge in [-0.1, -0.05) is 42.1 Å². The van der Waals surface area contributed by atoms with Crippen molar-refractivity contribution in [1.82, 2.24) is 14.8 Å². The van der Waals surface area contributed by atoms with Crippen LogP contribution in [0.5, 0.6) is 0 Å². The summed E-state index contributed by atoms with van der Waals surface area (Å²) in [6, 6.07) is 9.95. The van der Waals surface area contributed by atoms with Gasteiger partial charge in [-0.15, -0.1) is 10.2 Å². The normalized spacial score (nSPS) is 10.6. The maximum absolute atomic E-state index is 10.9. The van der Waals surface area contributed by atoms with Gasteiger partial charge in [0.1, 0.15) is 5.78 Å². The summed E-state index contributed by atoms with van der Waals surface area (Å²) in [4.78, 5) is 10.9. The minimum absolute atomic E-state index is 0.202. The van der Waals surface area contributed by atoms with Crippen LogP contribution in [0.2, 0.25) is 0 Å². The van der Waals surface area contributed by atoms with Gasteiger partial charge in [0, 0.05) is 24.8 Å². The second kappa shape index (κ2) is 5.82. The van der Waals surface area contributed by atoms with Gasteiger partial charge in [0.15, 0.2) is 11.0 Å². The van der Waals surface area contributed by atoms with E-state index in [9.17, 15) is 4.79 Å². The van der Waals surface area contributed by atoms with Gasteiger partial charge in [-0.3, -0.25) is 4.79 Å². The molecule has 0 saturated heterocycles. The number of nitrogens with zero attached hydrogens (tertiary/aromatic N) is 3. The predicted octanol–water partition coefficient (Wildman–Crippen LogP) is 2.55. The smallest absolute Gasteiger partial charge is 0.191 e. The van der Waals surface area contributed by atoms with Gasteiger partial charge in [0.2, 0.25) is 0 Å². The van der Waals surface area contributed by atoms with E-state index in [2.05, 4.69) is 10.2 Å². The highest BCUT2D eigenvalue weighted by atomic mass is 32.2. The molecule has 0 atom stereocenters. The highest BCUT2D eigenvalue weighted by Crippen LogP contribution is 2.22. The molecule has 1 aromatic heterocycles. The summed E-state index contributed by atoms with van der Waals surface area (Å²) in [5.41, 5.74) is 1.05. The number of ketones is 1. The molecule has 0 spiro atoms. The van der Waals surface area contributed by atoms with Crippen LogP contribution in [0.1, 0.15) is 13.3 Å². The number of thioether (sulfide) groups is 1. The summed E-state index contributed by atoms with van der Waals surface area (Å²) < 4.78 is 1.96. The van der Waals surface area contributed by atoms with Crippen molar-refractivity contribution < 1.29 is 4.79 Å². The van der Waals surface area contributed by atoms with Gasteiger partial charge in [0.05, 0.1) is 0 Å². The van der Waals surface area contributed by atoms with E-state index in [1.807, 2.05) is 41.9 Å². The lowest BCUT2D eigenvalue weighted by molar-refractivity contribution is -0.116. The zero-order valence-corrected chi connectivity index (χ0v) is 11.3. The van der Waals surface area contributed by atoms with E-state index < -0.39 is 0 Å². The van der Waals surface area contributed by atoms with Gasteiger partial charge < -0.3 is 4.57 Å². The van der Waals surface area contributed by atoms with Crippen LogP contribution in [0.15, 0.2) is 35.5 Å². The van der Waals surface area contributed by atoms with E-state index in [4.69, 9.17) is 0 Å². The molecule has 0 fully saturated rings. The van der Waals surface area contributed by atoms with E-state index in [-0.39, 0.29) is 5.78 Å². The zero-order valence-electron chi connectivity index (χ0n) is 10.5. The van der Waals surface area contributed by atoms with Crippen molar-refractivity contribution in [3.8, 4) is 11.4 Å². The first-order valence-corrected chi connectivity index (χ1v) is 6.74. The molecule has 94 valence electrons. The topological polar surface area (TPSA) is 47.8 Å². The molecule has 18 heavy (non-hydrogen) atoms. The van der Waals surface area contributed by atoms with Crippen LogP contribution in [0.25, 0.3) is 11.4 Å². The van der Waals surface area contributed by atoms with E-state index in [1.165, 1.54) is 0 Å². The molecule has 0 aliphatic heterocycles. The first-order chi connectivity index (χ1) is 8.68. The third-order valence-corrected chi connectivity index (χ3v) is 3.57. The number of aromatic nitrogens is 3. The summed E-state index contributed by atoms with van der Waals surface area (Å²) in [7, 11) is 1.94. The van der Waals surface area contributed by atoms with Gasteiger partial charge in [-0.2, -0.15) is 0 Å².